The van der Waals surface area contributed by atoms with Crippen LogP contribution in [0.4, 0.5) is 0 Å². The molecular weight excluding hydrogens is 236 g/mol. The molecule has 3 heteroatoms. The van der Waals surface area contributed by atoms with Gasteiger partial charge in [-0.15, -0.1) is 11.3 Å². The molecule has 0 radical (unpaired) electrons. The van der Waals surface area contributed by atoms with E-state index in [4.69, 9.17) is 0 Å². The van der Waals surface area contributed by atoms with Crippen molar-refractivity contribution >= 4 is 33.0 Å². The summed E-state index contributed by atoms with van der Waals surface area (Å²) in [5.74, 6) is 0.666. The minimum absolute atomic E-state index is 0.333. The van der Waals surface area contributed by atoms with E-state index in [1.165, 1.54) is 4.88 Å². The van der Waals surface area contributed by atoms with Crippen LogP contribution in [0.15, 0.2) is 10.5 Å². The van der Waals surface area contributed by atoms with Gasteiger partial charge in [0.1, 0.15) is 0 Å². The molecule has 0 bridgehead atoms. The number of hydrogen-bond donors (Lipinski definition) is 0. The standard InChI is InChI=1S/C9H9BrOS/c1-5-4-7(10)9(12-5)8(11)6-2-3-6/h4,6H,2-3H2,1H3. The van der Waals surface area contributed by atoms with Gasteiger partial charge in [-0.25, -0.2) is 0 Å². The van der Waals surface area contributed by atoms with Gasteiger partial charge in [0.2, 0.25) is 0 Å². The van der Waals surface area contributed by atoms with Crippen molar-refractivity contribution in [3.05, 3.63) is 20.3 Å². The predicted molar refractivity (Wildman–Crippen MR) is 53.8 cm³/mol. The van der Waals surface area contributed by atoms with E-state index in [-0.39, 0.29) is 0 Å². The third-order valence-corrected chi connectivity index (χ3v) is 3.93. The summed E-state index contributed by atoms with van der Waals surface area (Å²) in [5.41, 5.74) is 0. The highest BCUT2D eigenvalue weighted by molar-refractivity contribution is 9.10. The van der Waals surface area contributed by atoms with Gasteiger partial charge in [-0.2, -0.15) is 0 Å². The van der Waals surface area contributed by atoms with Crippen molar-refractivity contribution in [2.24, 2.45) is 5.92 Å². The summed E-state index contributed by atoms with van der Waals surface area (Å²) >= 11 is 5.00. The van der Waals surface area contributed by atoms with Gasteiger partial charge < -0.3 is 0 Å². The summed E-state index contributed by atoms with van der Waals surface area (Å²) in [4.78, 5) is 13.7. The Bertz CT molecular complexity index is 325. The van der Waals surface area contributed by atoms with Crippen LogP contribution >= 0.6 is 27.3 Å². The highest BCUT2D eigenvalue weighted by Crippen LogP contribution is 2.37. The van der Waals surface area contributed by atoms with Gasteiger partial charge in [-0.1, -0.05) is 0 Å². The summed E-state index contributed by atoms with van der Waals surface area (Å²) < 4.78 is 0.974. The molecular formula is C9H9BrOS. The van der Waals surface area contributed by atoms with Gasteiger partial charge in [0.15, 0.2) is 5.78 Å². The fourth-order valence-electron chi connectivity index (χ4n) is 1.18. The smallest absolute Gasteiger partial charge is 0.177 e. The first-order chi connectivity index (χ1) is 5.68. The number of halogens is 1. The first-order valence-electron chi connectivity index (χ1n) is 3.98. The average molecular weight is 245 g/mol. The number of Topliss-reactive ketones (excluding diaryl/α,β-unsaturated/α-hetero) is 1. The highest BCUT2D eigenvalue weighted by atomic mass is 79.9. The van der Waals surface area contributed by atoms with Crippen LogP contribution in [-0.4, -0.2) is 5.78 Å². The van der Waals surface area contributed by atoms with E-state index in [1.807, 2.05) is 13.0 Å². The summed E-state index contributed by atoms with van der Waals surface area (Å²) in [6.07, 6.45) is 2.17. The molecule has 0 unspecified atom stereocenters. The molecule has 1 fully saturated rings. The molecule has 1 aliphatic carbocycles. The number of carbonyl (C=O) groups excluding carboxylic acids is 1. The van der Waals surface area contributed by atoms with Crippen LogP contribution < -0.4 is 0 Å². The van der Waals surface area contributed by atoms with Crippen LogP contribution in [0.5, 0.6) is 0 Å². The zero-order valence-electron chi connectivity index (χ0n) is 6.76. The molecule has 0 aromatic carbocycles. The van der Waals surface area contributed by atoms with E-state index >= 15 is 0 Å². The van der Waals surface area contributed by atoms with E-state index in [1.54, 1.807) is 11.3 Å². The maximum atomic E-state index is 11.6. The topological polar surface area (TPSA) is 17.1 Å². The molecule has 1 heterocycles. The molecule has 0 atom stereocenters. The predicted octanol–water partition coefficient (Wildman–Crippen LogP) is 3.41. The van der Waals surface area contributed by atoms with Crippen molar-refractivity contribution in [2.75, 3.05) is 0 Å². The zero-order valence-corrected chi connectivity index (χ0v) is 9.17. The minimum atomic E-state index is 0.333. The van der Waals surface area contributed by atoms with Crippen LogP contribution in [0.25, 0.3) is 0 Å². The fraction of sp³-hybridized carbons (Fsp3) is 0.444. The number of hydrogen-bond acceptors (Lipinski definition) is 2. The van der Waals surface area contributed by atoms with Crippen molar-refractivity contribution in [1.82, 2.24) is 0 Å². The first kappa shape index (κ1) is 8.45. The van der Waals surface area contributed by atoms with E-state index in [9.17, 15) is 4.79 Å². The molecule has 0 N–H and O–H groups in total. The Hall–Kier alpha value is -0.150. The van der Waals surface area contributed by atoms with Crippen LogP contribution in [0, 0.1) is 12.8 Å². The van der Waals surface area contributed by atoms with E-state index in [2.05, 4.69) is 15.9 Å². The lowest BCUT2D eigenvalue weighted by Crippen LogP contribution is -1.98. The number of thiophene rings is 1. The lowest BCUT2D eigenvalue weighted by molar-refractivity contribution is 0.0971. The Kier molecular flexibility index (Phi) is 2.09. The molecule has 64 valence electrons. The van der Waals surface area contributed by atoms with Crippen molar-refractivity contribution in [3.8, 4) is 0 Å². The second-order valence-electron chi connectivity index (χ2n) is 3.17. The second kappa shape index (κ2) is 2.96. The molecule has 0 aliphatic heterocycles. The number of aryl methyl sites for hydroxylation is 1. The maximum absolute atomic E-state index is 11.6. The van der Waals surface area contributed by atoms with Gasteiger partial charge in [0, 0.05) is 15.3 Å². The highest BCUT2D eigenvalue weighted by Gasteiger charge is 2.32. The largest absolute Gasteiger partial charge is 0.293 e. The maximum Gasteiger partial charge on any atom is 0.177 e. The Labute approximate surface area is 83.9 Å². The van der Waals surface area contributed by atoms with Crippen molar-refractivity contribution in [1.29, 1.82) is 0 Å². The molecule has 1 nitrogen and oxygen atoms in total. The third-order valence-electron chi connectivity index (χ3n) is 1.98. The second-order valence-corrected chi connectivity index (χ2v) is 5.28. The quantitative estimate of drug-likeness (QED) is 0.729. The minimum Gasteiger partial charge on any atom is -0.293 e. The normalized spacial score (nSPS) is 16.5. The van der Waals surface area contributed by atoms with Gasteiger partial charge >= 0.3 is 0 Å². The summed E-state index contributed by atoms with van der Waals surface area (Å²) in [7, 11) is 0. The van der Waals surface area contributed by atoms with Crippen LogP contribution in [-0.2, 0) is 0 Å². The molecule has 0 saturated heterocycles. The molecule has 1 saturated carbocycles. The number of rotatable bonds is 2. The summed E-state index contributed by atoms with van der Waals surface area (Å²) in [6, 6.07) is 2.01. The van der Waals surface area contributed by atoms with Crippen LogP contribution in [0.2, 0.25) is 0 Å². The molecule has 1 aromatic heterocycles. The summed E-state index contributed by atoms with van der Waals surface area (Å²) in [6.45, 7) is 2.03. The number of carbonyl (C=O) groups is 1. The van der Waals surface area contributed by atoms with Gasteiger partial charge in [-0.3, -0.25) is 4.79 Å². The Balaban J connectivity index is 2.31. The lowest BCUT2D eigenvalue weighted by Gasteiger charge is -1.92. The third kappa shape index (κ3) is 1.48. The molecule has 0 spiro atoms. The number of ketones is 1. The average Bonchev–Trinajstić information content (AvgIpc) is 2.77. The first-order valence-corrected chi connectivity index (χ1v) is 5.59. The van der Waals surface area contributed by atoms with Crippen LogP contribution in [0.1, 0.15) is 27.4 Å². The van der Waals surface area contributed by atoms with E-state index in [0.29, 0.717) is 11.7 Å². The van der Waals surface area contributed by atoms with Crippen molar-refractivity contribution in [2.45, 2.75) is 19.8 Å². The summed E-state index contributed by atoms with van der Waals surface area (Å²) in [5, 5.41) is 0. The van der Waals surface area contributed by atoms with Gasteiger partial charge in [0.25, 0.3) is 0 Å². The van der Waals surface area contributed by atoms with Crippen molar-refractivity contribution < 1.29 is 4.79 Å². The Morgan fingerprint density at radius 1 is 1.67 bits per heavy atom. The lowest BCUT2D eigenvalue weighted by atomic mass is 10.2. The SMILES string of the molecule is Cc1cc(Br)c(C(=O)C2CC2)s1. The van der Waals surface area contributed by atoms with Crippen molar-refractivity contribution in [3.63, 3.8) is 0 Å². The van der Waals surface area contributed by atoms with Gasteiger partial charge in [-0.05, 0) is 41.8 Å². The van der Waals surface area contributed by atoms with E-state index < -0.39 is 0 Å². The molecule has 1 aromatic rings. The Morgan fingerprint density at radius 3 is 2.75 bits per heavy atom. The monoisotopic (exact) mass is 244 g/mol. The Morgan fingerprint density at radius 2 is 2.33 bits per heavy atom. The van der Waals surface area contributed by atoms with Crippen LogP contribution in [0.3, 0.4) is 0 Å². The molecule has 12 heavy (non-hydrogen) atoms. The van der Waals surface area contributed by atoms with E-state index in [0.717, 1.165) is 22.2 Å². The zero-order chi connectivity index (χ0) is 8.72. The molecule has 2 rings (SSSR count). The van der Waals surface area contributed by atoms with Gasteiger partial charge in [0.05, 0.1) is 4.88 Å². The fourth-order valence-corrected chi connectivity index (χ4v) is 3.04. The molecule has 0 amide bonds. The molecule has 1 aliphatic rings.